The smallest absolute Gasteiger partial charge is 0.337 e. The average molecular weight is 376 g/mol. The number of carbonyl (C=O) groups is 2. The number of carboxylic acid groups (broad SMARTS) is 1. The highest BCUT2D eigenvalue weighted by Crippen LogP contribution is 2.25. The molecule has 21 heavy (non-hydrogen) atoms. The van der Waals surface area contributed by atoms with Crippen molar-refractivity contribution in [1.29, 1.82) is 0 Å². The van der Waals surface area contributed by atoms with Gasteiger partial charge in [0.25, 0.3) is 0 Å². The maximum absolute atomic E-state index is 12.2. The number of hydrogen-bond donors (Lipinski definition) is 2. The monoisotopic (exact) mass is 375 g/mol. The van der Waals surface area contributed by atoms with Crippen molar-refractivity contribution < 1.29 is 23.1 Å². The van der Waals surface area contributed by atoms with Crippen LogP contribution in [0.2, 0.25) is 0 Å². The Morgan fingerprint density at radius 2 is 2.00 bits per heavy atom. The summed E-state index contributed by atoms with van der Waals surface area (Å²) < 4.78 is 24.4. The molecule has 1 fully saturated rings. The first-order valence-corrected chi connectivity index (χ1v) is 8.87. The molecule has 1 aliphatic heterocycles. The van der Waals surface area contributed by atoms with E-state index in [1.165, 1.54) is 18.2 Å². The number of aromatic carboxylic acids is 1. The minimum absolute atomic E-state index is 0.00460. The topological polar surface area (TPSA) is 101 Å². The number of amides is 1. The number of halogens is 1. The first-order chi connectivity index (χ1) is 9.81. The van der Waals surface area contributed by atoms with Gasteiger partial charge < -0.3 is 10.4 Å². The van der Waals surface area contributed by atoms with Crippen molar-refractivity contribution in [3.8, 4) is 0 Å². The van der Waals surface area contributed by atoms with Crippen LogP contribution < -0.4 is 5.32 Å². The van der Waals surface area contributed by atoms with E-state index in [4.69, 9.17) is 5.11 Å². The zero-order valence-electron chi connectivity index (χ0n) is 11.0. The van der Waals surface area contributed by atoms with E-state index < -0.39 is 27.0 Å². The van der Waals surface area contributed by atoms with E-state index in [0.717, 1.165) is 0 Å². The van der Waals surface area contributed by atoms with Crippen molar-refractivity contribution >= 4 is 43.3 Å². The Kier molecular flexibility index (Phi) is 4.67. The SMILES string of the molecule is O=C(O)c1ccc(Br)cc1NC(=O)C1CCCCS1(=O)=O. The molecule has 0 saturated carbocycles. The zero-order chi connectivity index (χ0) is 15.6. The minimum Gasteiger partial charge on any atom is -0.478 e. The van der Waals surface area contributed by atoms with Gasteiger partial charge in [0, 0.05) is 4.47 Å². The molecule has 1 unspecified atom stereocenters. The van der Waals surface area contributed by atoms with Crippen LogP contribution in [0.5, 0.6) is 0 Å². The van der Waals surface area contributed by atoms with Crippen molar-refractivity contribution in [2.45, 2.75) is 24.5 Å². The van der Waals surface area contributed by atoms with E-state index in [1.807, 2.05) is 0 Å². The number of carbonyl (C=O) groups excluding carboxylic acids is 1. The summed E-state index contributed by atoms with van der Waals surface area (Å²) in [4.78, 5) is 23.3. The molecule has 1 aromatic carbocycles. The Labute approximate surface area is 130 Å². The van der Waals surface area contributed by atoms with Gasteiger partial charge in [-0.15, -0.1) is 0 Å². The van der Waals surface area contributed by atoms with Crippen LogP contribution in [0.3, 0.4) is 0 Å². The minimum atomic E-state index is -3.46. The van der Waals surface area contributed by atoms with Crippen molar-refractivity contribution in [3.05, 3.63) is 28.2 Å². The molecule has 0 radical (unpaired) electrons. The molecule has 0 aliphatic carbocycles. The molecule has 2 N–H and O–H groups in total. The zero-order valence-corrected chi connectivity index (χ0v) is 13.4. The fraction of sp³-hybridized carbons (Fsp3) is 0.385. The fourth-order valence-electron chi connectivity index (χ4n) is 2.27. The summed E-state index contributed by atoms with van der Waals surface area (Å²) >= 11 is 3.19. The predicted octanol–water partition coefficient (Wildman–Crippen LogP) is 2.05. The lowest BCUT2D eigenvalue weighted by Gasteiger charge is -2.21. The molecule has 114 valence electrons. The van der Waals surface area contributed by atoms with Crippen molar-refractivity contribution in [2.75, 3.05) is 11.1 Å². The molecular formula is C13H14BrNO5S. The number of nitrogens with one attached hydrogen (secondary N) is 1. The molecule has 0 spiro atoms. The molecular weight excluding hydrogens is 362 g/mol. The molecule has 0 aromatic heterocycles. The molecule has 0 bridgehead atoms. The van der Waals surface area contributed by atoms with Crippen molar-refractivity contribution in [3.63, 3.8) is 0 Å². The summed E-state index contributed by atoms with van der Waals surface area (Å²) in [6.45, 7) is 0. The van der Waals surface area contributed by atoms with Crippen LogP contribution in [-0.2, 0) is 14.6 Å². The van der Waals surface area contributed by atoms with E-state index in [1.54, 1.807) is 0 Å². The molecule has 2 rings (SSSR count). The highest BCUT2D eigenvalue weighted by Gasteiger charge is 2.35. The number of benzene rings is 1. The van der Waals surface area contributed by atoms with Gasteiger partial charge in [0.05, 0.1) is 17.0 Å². The van der Waals surface area contributed by atoms with Gasteiger partial charge in [0.2, 0.25) is 5.91 Å². The van der Waals surface area contributed by atoms with Gasteiger partial charge in [-0.2, -0.15) is 0 Å². The molecule has 1 heterocycles. The van der Waals surface area contributed by atoms with E-state index in [9.17, 15) is 18.0 Å². The van der Waals surface area contributed by atoms with Crippen LogP contribution in [0, 0.1) is 0 Å². The Morgan fingerprint density at radius 1 is 1.29 bits per heavy atom. The van der Waals surface area contributed by atoms with Crippen LogP contribution in [0.15, 0.2) is 22.7 Å². The number of sulfone groups is 1. The molecule has 1 saturated heterocycles. The summed E-state index contributed by atoms with van der Waals surface area (Å²) in [5.74, 6) is -1.87. The second-order valence-electron chi connectivity index (χ2n) is 4.84. The van der Waals surface area contributed by atoms with Gasteiger partial charge in [-0.05, 0) is 31.0 Å². The fourth-order valence-corrected chi connectivity index (χ4v) is 4.43. The van der Waals surface area contributed by atoms with Crippen LogP contribution in [0.4, 0.5) is 5.69 Å². The lowest BCUT2D eigenvalue weighted by Crippen LogP contribution is -2.39. The Hall–Kier alpha value is -1.41. The summed E-state index contributed by atoms with van der Waals surface area (Å²) in [7, 11) is -3.46. The van der Waals surface area contributed by atoms with E-state index in [-0.39, 0.29) is 23.4 Å². The molecule has 1 atom stereocenters. The molecule has 1 amide bonds. The van der Waals surface area contributed by atoms with E-state index >= 15 is 0 Å². The van der Waals surface area contributed by atoms with Crippen molar-refractivity contribution in [1.82, 2.24) is 0 Å². The maximum Gasteiger partial charge on any atom is 0.337 e. The van der Waals surface area contributed by atoms with Crippen LogP contribution in [0.25, 0.3) is 0 Å². The lowest BCUT2D eigenvalue weighted by atomic mass is 10.1. The second-order valence-corrected chi connectivity index (χ2v) is 8.05. The van der Waals surface area contributed by atoms with Crippen molar-refractivity contribution in [2.24, 2.45) is 0 Å². The Balaban J connectivity index is 2.27. The molecule has 1 aliphatic rings. The van der Waals surface area contributed by atoms with Crippen LogP contribution in [0.1, 0.15) is 29.6 Å². The third-order valence-corrected chi connectivity index (χ3v) is 6.01. The molecule has 1 aromatic rings. The highest BCUT2D eigenvalue weighted by atomic mass is 79.9. The first kappa shape index (κ1) is 16.0. The van der Waals surface area contributed by atoms with Gasteiger partial charge in [0.15, 0.2) is 9.84 Å². The van der Waals surface area contributed by atoms with Gasteiger partial charge in [-0.3, -0.25) is 4.79 Å². The first-order valence-electron chi connectivity index (χ1n) is 6.36. The summed E-state index contributed by atoms with van der Waals surface area (Å²) in [5, 5.41) is 10.4. The van der Waals surface area contributed by atoms with Crippen LogP contribution in [-0.4, -0.2) is 36.4 Å². The number of carboxylic acids is 1. The third-order valence-electron chi connectivity index (χ3n) is 3.34. The Bertz CT molecular complexity index is 686. The third kappa shape index (κ3) is 3.62. The van der Waals surface area contributed by atoms with E-state index in [2.05, 4.69) is 21.2 Å². The van der Waals surface area contributed by atoms with Gasteiger partial charge >= 0.3 is 5.97 Å². The van der Waals surface area contributed by atoms with Gasteiger partial charge in [-0.25, -0.2) is 13.2 Å². The standard InChI is InChI=1S/C13H14BrNO5S/c14-8-4-5-9(13(17)18)10(7-8)15-12(16)11-3-1-2-6-21(11,19)20/h4-5,7,11H,1-3,6H2,(H,15,16)(H,17,18). The van der Waals surface area contributed by atoms with Gasteiger partial charge in [0.1, 0.15) is 5.25 Å². The lowest BCUT2D eigenvalue weighted by molar-refractivity contribution is -0.116. The number of anilines is 1. The number of hydrogen-bond acceptors (Lipinski definition) is 4. The quantitative estimate of drug-likeness (QED) is 0.841. The highest BCUT2D eigenvalue weighted by molar-refractivity contribution is 9.10. The number of rotatable bonds is 3. The summed E-state index contributed by atoms with van der Waals surface area (Å²) in [6, 6.07) is 4.32. The average Bonchev–Trinajstić information content (AvgIpc) is 2.37. The second kappa shape index (κ2) is 6.15. The normalized spacial score (nSPS) is 20.7. The maximum atomic E-state index is 12.2. The largest absolute Gasteiger partial charge is 0.478 e. The van der Waals surface area contributed by atoms with Gasteiger partial charge in [-0.1, -0.05) is 22.4 Å². The summed E-state index contributed by atoms with van der Waals surface area (Å²) in [6.07, 6.45) is 1.50. The van der Waals surface area contributed by atoms with Crippen LogP contribution >= 0.6 is 15.9 Å². The van der Waals surface area contributed by atoms with E-state index in [0.29, 0.717) is 17.3 Å². The summed E-state index contributed by atoms with van der Waals surface area (Å²) in [5.41, 5.74) is 0.00223. The predicted molar refractivity (Wildman–Crippen MR) is 81.2 cm³/mol. The Morgan fingerprint density at radius 3 is 2.62 bits per heavy atom. The molecule has 8 heteroatoms. The molecule has 6 nitrogen and oxygen atoms in total.